The maximum Gasteiger partial charge on any atom is 0.224 e. The van der Waals surface area contributed by atoms with Crippen LogP contribution in [0.15, 0.2) is 0 Å². The number of hydrogen-bond acceptors (Lipinski definition) is 3. The Morgan fingerprint density at radius 3 is 2.68 bits per heavy atom. The third-order valence-electron chi connectivity index (χ3n) is 3.80. The first kappa shape index (κ1) is 16.4. The summed E-state index contributed by atoms with van der Waals surface area (Å²) in [5, 5.41) is 0. The van der Waals surface area contributed by atoms with Crippen molar-refractivity contribution in [1.82, 2.24) is 4.90 Å². The fourth-order valence-corrected chi connectivity index (χ4v) is 2.51. The molecule has 2 unspecified atom stereocenters. The quantitative estimate of drug-likeness (QED) is 0.728. The van der Waals surface area contributed by atoms with Crippen molar-refractivity contribution in [1.29, 1.82) is 0 Å². The van der Waals surface area contributed by atoms with Gasteiger partial charge in [-0.05, 0) is 18.8 Å². The second-order valence-electron chi connectivity index (χ2n) is 5.45. The zero-order valence-corrected chi connectivity index (χ0v) is 12.9. The van der Waals surface area contributed by atoms with Crippen molar-refractivity contribution < 1.29 is 9.53 Å². The highest BCUT2D eigenvalue weighted by Crippen LogP contribution is 2.26. The van der Waals surface area contributed by atoms with Crippen molar-refractivity contribution in [2.75, 3.05) is 20.2 Å². The summed E-state index contributed by atoms with van der Waals surface area (Å²) >= 11 is 4.80. The fraction of sp³-hybridized carbons (Fsp3) is 0.857. The van der Waals surface area contributed by atoms with Gasteiger partial charge in [0.25, 0.3) is 0 Å². The molecule has 0 heterocycles. The van der Waals surface area contributed by atoms with Crippen LogP contribution in [0.5, 0.6) is 0 Å². The summed E-state index contributed by atoms with van der Waals surface area (Å²) in [5.41, 5.74) is 5.42. The van der Waals surface area contributed by atoms with Gasteiger partial charge in [0.1, 0.15) is 0 Å². The second kappa shape index (κ2) is 8.48. The molecule has 1 aliphatic carbocycles. The monoisotopic (exact) mass is 286 g/mol. The van der Waals surface area contributed by atoms with Crippen LogP contribution < -0.4 is 5.73 Å². The molecule has 4 nitrogen and oxygen atoms in total. The molecule has 1 amide bonds. The molecule has 0 aliphatic heterocycles. The van der Waals surface area contributed by atoms with E-state index >= 15 is 0 Å². The van der Waals surface area contributed by atoms with Crippen LogP contribution in [-0.4, -0.2) is 42.1 Å². The van der Waals surface area contributed by atoms with E-state index in [9.17, 15) is 4.79 Å². The number of rotatable bonds is 7. The molecule has 0 radical (unpaired) electrons. The number of carbonyl (C=O) groups is 1. The second-order valence-corrected chi connectivity index (χ2v) is 5.98. The maximum absolute atomic E-state index is 11.8. The Labute approximate surface area is 121 Å². The van der Waals surface area contributed by atoms with Crippen LogP contribution >= 0.6 is 12.2 Å². The Hall–Kier alpha value is -0.680. The van der Waals surface area contributed by atoms with Gasteiger partial charge in [0.15, 0.2) is 0 Å². The minimum Gasteiger partial charge on any atom is -0.393 e. The van der Waals surface area contributed by atoms with Gasteiger partial charge in [-0.1, -0.05) is 32.0 Å². The van der Waals surface area contributed by atoms with Crippen molar-refractivity contribution in [3.63, 3.8) is 0 Å². The van der Waals surface area contributed by atoms with Crippen LogP contribution in [0, 0.1) is 5.92 Å². The maximum atomic E-state index is 11.8. The van der Waals surface area contributed by atoms with E-state index in [0.717, 1.165) is 6.42 Å². The van der Waals surface area contributed by atoms with Gasteiger partial charge in [-0.2, -0.15) is 0 Å². The highest BCUT2D eigenvalue weighted by Gasteiger charge is 2.22. The Morgan fingerprint density at radius 2 is 2.05 bits per heavy atom. The highest BCUT2D eigenvalue weighted by molar-refractivity contribution is 7.80. The van der Waals surface area contributed by atoms with Crippen LogP contribution in [0.2, 0.25) is 0 Å². The van der Waals surface area contributed by atoms with Gasteiger partial charge in [-0.3, -0.25) is 4.79 Å². The molecule has 0 bridgehead atoms. The van der Waals surface area contributed by atoms with Crippen molar-refractivity contribution in [2.24, 2.45) is 11.7 Å². The van der Waals surface area contributed by atoms with E-state index in [2.05, 4.69) is 6.92 Å². The van der Waals surface area contributed by atoms with E-state index in [-0.39, 0.29) is 5.91 Å². The van der Waals surface area contributed by atoms with E-state index < -0.39 is 0 Å². The number of nitrogens with zero attached hydrogens (tertiary/aromatic N) is 1. The van der Waals surface area contributed by atoms with Crippen LogP contribution in [-0.2, 0) is 9.53 Å². The predicted octanol–water partition coefficient (Wildman–Crippen LogP) is 2.11. The third-order valence-corrected chi connectivity index (χ3v) is 4.00. The molecule has 0 aromatic heterocycles. The van der Waals surface area contributed by atoms with Gasteiger partial charge >= 0.3 is 0 Å². The largest absolute Gasteiger partial charge is 0.393 e. The molecule has 1 saturated carbocycles. The van der Waals surface area contributed by atoms with Crippen molar-refractivity contribution >= 4 is 23.1 Å². The minimum atomic E-state index is 0.0970. The van der Waals surface area contributed by atoms with Gasteiger partial charge in [0.2, 0.25) is 5.91 Å². The smallest absolute Gasteiger partial charge is 0.224 e. The molecule has 0 spiro atoms. The summed E-state index contributed by atoms with van der Waals surface area (Å²) in [7, 11) is 1.78. The first-order valence-electron chi connectivity index (χ1n) is 7.14. The molecule has 1 aliphatic rings. The molecule has 2 atom stereocenters. The molecule has 110 valence electrons. The lowest BCUT2D eigenvalue weighted by Crippen LogP contribution is -2.32. The molecular weight excluding hydrogens is 260 g/mol. The normalized spacial score (nSPS) is 23.1. The van der Waals surface area contributed by atoms with Crippen LogP contribution in [0.1, 0.15) is 45.4 Å². The van der Waals surface area contributed by atoms with Crippen molar-refractivity contribution in [2.45, 2.75) is 51.6 Å². The number of nitrogens with two attached hydrogens (primary N) is 1. The summed E-state index contributed by atoms with van der Waals surface area (Å²) in [6.45, 7) is 3.35. The van der Waals surface area contributed by atoms with E-state index in [1.165, 1.54) is 19.3 Å². The summed E-state index contributed by atoms with van der Waals surface area (Å²) < 4.78 is 5.84. The molecule has 19 heavy (non-hydrogen) atoms. The van der Waals surface area contributed by atoms with Gasteiger partial charge in [0.05, 0.1) is 24.1 Å². The van der Waals surface area contributed by atoms with Crippen LogP contribution in [0.4, 0.5) is 0 Å². The topological polar surface area (TPSA) is 55.6 Å². The Kier molecular flexibility index (Phi) is 7.31. The number of carbonyl (C=O) groups excluding carboxylic acids is 1. The SMILES string of the molecule is CC1CCCCC1OCCC(=O)N(C)CCC(N)=S. The lowest BCUT2D eigenvalue weighted by Gasteiger charge is -2.28. The summed E-state index contributed by atoms with van der Waals surface area (Å²) in [6, 6.07) is 0. The standard InChI is InChI=1S/C14H26N2O2S/c1-11-5-3-4-6-12(11)18-10-8-14(17)16(2)9-7-13(15)19/h11-12H,3-10H2,1-2H3,(H2,15,19). The average molecular weight is 286 g/mol. The van der Waals surface area contributed by atoms with Gasteiger partial charge < -0.3 is 15.4 Å². The fourth-order valence-electron chi connectivity index (χ4n) is 2.42. The number of thiocarbonyl (C=S) groups is 1. The molecule has 2 N–H and O–H groups in total. The Balaban J connectivity index is 2.17. The molecule has 1 fully saturated rings. The first-order valence-corrected chi connectivity index (χ1v) is 7.55. The Bertz CT molecular complexity index is 310. The number of hydrogen-bond donors (Lipinski definition) is 1. The van der Waals surface area contributed by atoms with Gasteiger partial charge in [-0.15, -0.1) is 0 Å². The third kappa shape index (κ3) is 6.34. The molecule has 0 aromatic rings. The Morgan fingerprint density at radius 1 is 1.37 bits per heavy atom. The van der Waals surface area contributed by atoms with Crippen molar-refractivity contribution in [3.05, 3.63) is 0 Å². The van der Waals surface area contributed by atoms with E-state index in [0.29, 0.717) is 43.0 Å². The molecule has 0 aromatic carbocycles. The minimum absolute atomic E-state index is 0.0970. The van der Waals surface area contributed by atoms with Crippen LogP contribution in [0.3, 0.4) is 0 Å². The number of amides is 1. The van der Waals surface area contributed by atoms with Crippen molar-refractivity contribution in [3.8, 4) is 0 Å². The molecule has 1 rings (SSSR count). The molecule has 0 saturated heterocycles. The van der Waals surface area contributed by atoms with E-state index in [4.69, 9.17) is 22.7 Å². The van der Waals surface area contributed by atoms with Gasteiger partial charge in [-0.25, -0.2) is 0 Å². The lowest BCUT2D eigenvalue weighted by atomic mass is 9.88. The highest BCUT2D eigenvalue weighted by atomic mass is 32.1. The average Bonchev–Trinajstić information content (AvgIpc) is 2.38. The zero-order valence-electron chi connectivity index (χ0n) is 12.1. The molecule has 5 heteroatoms. The van der Waals surface area contributed by atoms with Crippen LogP contribution in [0.25, 0.3) is 0 Å². The zero-order chi connectivity index (χ0) is 14.3. The lowest BCUT2D eigenvalue weighted by molar-refractivity contribution is -0.131. The predicted molar refractivity (Wildman–Crippen MR) is 81.0 cm³/mol. The van der Waals surface area contributed by atoms with E-state index in [1.54, 1.807) is 11.9 Å². The number of ether oxygens (including phenoxy) is 1. The summed E-state index contributed by atoms with van der Waals surface area (Å²) in [5.74, 6) is 0.718. The van der Waals surface area contributed by atoms with Gasteiger partial charge in [0, 0.05) is 20.0 Å². The summed E-state index contributed by atoms with van der Waals surface area (Å²) in [6.07, 6.45) is 6.29. The van der Waals surface area contributed by atoms with E-state index in [1.807, 2.05) is 0 Å². The first-order chi connectivity index (χ1) is 9.00. The molecular formula is C14H26N2O2S. The summed E-state index contributed by atoms with van der Waals surface area (Å²) in [4.78, 5) is 14.0.